The Bertz CT molecular complexity index is 198. The predicted molar refractivity (Wildman–Crippen MR) is 57.3 cm³/mol. The highest BCUT2D eigenvalue weighted by Gasteiger charge is 2.22. The monoisotopic (exact) mass is 216 g/mol. The van der Waals surface area contributed by atoms with Crippen LogP contribution in [-0.2, 0) is 9.53 Å². The van der Waals surface area contributed by atoms with Gasteiger partial charge in [-0.05, 0) is 43.9 Å². The lowest BCUT2D eigenvalue weighted by molar-refractivity contribution is -0.141. The molecule has 1 rings (SSSR count). The average Bonchev–Trinajstić information content (AvgIpc) is 2.21. The molecule has 2 nitrogen and oxygen atoms in total. The first-order chi connectivity index (χ1) is 7.11. The minimum Gasteiger partial charge on any atom is -0.469 e. The summed E-state index contributed by atoms with van der Waals surface area (Å²) in [7, 11) is 1.42. The van der Waals surface area contributed by atoms with Gasteiger partial charge in [0.2, 0.25) is 0 Å². The van der Waals surface area contributed by atoms with Crippen LogP contribution in [0.2, 0.25) is 0 Å². The minimum atomic E-state index is -0.586. The van der Waals surface area contributed by atoms with Crippen LogP contribution in [0.25, 0.3) is 0 Å². The molecule has 0 amide bonds. The number of esters is 1. The average molecular weight is 216 g/mol. The normalized spacial score (nSPS) is 28.5. The van der Waals surface area contributed by atoms with Crippen molar-refractivity contribution in [3.05, 3.63) is 0 Å². The summed E-state index contributed by atoms with van der Waals surface area (Å²) in [6, 6.07) is 0. The van der Waals surface area contributed by atoms with E-state index in [0.29, 0.717) is 31.1 Å². The van der Waals surface area contributed by atoms with Gasteiger partial charge >= 0.3 is 5.97 Å². The van der Waals surface area contributed by atoms with Crippen molar-refractivity contribution >= 4 is 5.97 Å². The number of halogens is 1. The summed E-state index contributed by atoms with van der Waals surface area (Å²) in [6.07, 6.45) is 4.30. The van der Waals surface area contributed by atoms with E-state index in [0.717, 1.165) is 19.3 Å². The molecule has 0 aromatic heterocycles. The first-order valence-corrected chi connectivity index (χ1v) is 5.82. The molecule has 0 bridgehead atoms. The second kappa shape index (κ2) is 6.09. The molecule has 88 valence electrons. The fourth-order valence-electron chi connectivity index (χ4n) is 2.38. The zero-order chi connectivity index (χ0) is 11.3. The zero-order valence-corrected chi connectivity index (χ0v) is 9.67. The Balaban J connectivity index is 2.20. The lowest BCUT2D eigenvalue weighted by atomic mass is 9.82. The molecule has 1 atom stereocenters. The molecule has 3 heteroatoms. The van der Waals surface area contributed by atoms with Crippen LogP contribution in [0.3, 0.4) is 0 Å². The molecule has 1 aliphatic carbocycles. The van der Waals surface area contributed by atoms with E-state index in [1.54, 1.807) is 0 Å². The van der Waals surface area contributed by atoms with Crippen molar-refractivity contribution in [3.8, 4) is 0 Å². The second-order valence-corrected chi connectivity index (χ2v) is 4.74. The van der Waals surface area contributed by atoms with Crippen LogP contribution in [0.15, 0.2) is 0 Å². The van der Waals surface area contributed by atoms with Crippen molar-refractivity contribution in [1.29, 1.82) is 0 Å². The molecule has 1 unspecified atom stereocenters. The van der Waals surface area contributed by atoms with E-state index >= 15 is 0 Å². The van der Waals surface area contributed by atoms with Crippen molar-refractivity contribution in [1.82, 2.24) is 0 Å². The maximum Gasteiger partial charge on any atom is 0.305 e. The number of methoxy groups -OCH3 is 1. The van der Waals surface area contributed by atoms with Crippen LogP contribution < -0.4 is 0 Å². The van der Waals surface area contributed by atoms with E-state index in [9.17, 15) is 9.18 Å². The number of rotatable bonds is 4. The molecule has 0 N–H and O–H groups in total. The molecule has 0 aliphatic heterocycles. The lowest BCUT2D eigenvalue weighted by Crippen LogP contribution is -2.18. The Hall–Kier alpha value is -0.600. The van der Waals surface area contributed by atoms with Crippen molar-refractivity contribution < 1.29 is 13.9 Å². The summed E-state index contributed by atoms with van der Waals surface area (Å²) >= 11 is 0. The standard InChI is InChI=1S/C12H21FO2/c1-9(8-12(14)15-2)7-10-3-5-11(13)6-4-10/h9-11H,3-8H2,1-2H3. The van der Waals surface area contributed by atoms with Crippen LogP contribution in [0.1, 0.15) is 45.4 Å². The highest BCUT2D eigenvalue weighted by atomic mass is 19.1. The molecule has 1 fully saturated rings. The van der Waals surface area contributed by atoms with Gasteiger partial charge in [-0.3, -0.25) is 4.79 Å². The number of carbonyl (C=O) groups excluding carboxylic acids is 1. The molecule has 0 spiro atoms. The number of hydrogen-bond donors (Lipinski definition) is 0. The molecular weight excluding hydrogens is 195 g/mol. The molecule has 1 aliphatic rings. The van der Waals surface area contributed by atoms with Gasteiger partial charge in [-0.2, -0.15) is 0 Å². The summed E-state index contributed by atoms with van der Waals surface area (Å²) < 4.78 is 17.5. The number of ether oxygens (including phenoxy) is 1. The largest absolute Gasteiger partial charge is 0.469 e. The van der Waals surface area contributed by atoms with Crippen LogP contribution >= 0.6 is 0 Å². The Kier molecular flexibility index (Phi) is 5.06. The van der Waals surface area contributed by atoms with Gasteiger partial charge in [-0.1, -0.05) is 6.92 Å². The number of alkyl halides is 1. The quantitative estimate of drug-likeness (QED) is 0.675. The van der Waals surface area contributed by atoms with E-state index in [4.69, 9.17) is 0 Å². The molecule has 0 aromatic carbocycles. The van der Waals surface area contributed by atoms with Gasteiger partial charge in [-0.25, -0.2) is 4.39 Å². The van der Waals surface area contributed by atoms with Gasteiger partial charge in [0.05, 0.1) is 7.11 Å². The van der Waals surface area contributed by atoms with Gasteiger partial charge in [-0.15, -0.1) is 0 Å². The Morgan fingerprint density at radius 2 is 2.00 bits per heavy atom. The van der Waals surface area contributed by atoms with Gasteiger partial charge in [0, 0.05) is 6.42 Å². The lowest BCUT2D eigenvalue weighted by Gasteiger charge is -2.26. The Labute approximate surface area is 91.2 Å². The molecule has 15 heavy (non-hydrogen) atoms. The van der Waals surface area contributed by atoms with Gasteiger partial charge < -0.3 is 4.74 Å². The smallest absolute Gasteiger partial charge is 0.305 e. The van der Waals surface area contributed by atoms with E-state index < -0.39 is 6.17 Å². The van der Waals surface area contributed by atoms with Crippen molar-refractivity contribution in [2.75, 3.05) is 7.11 Å². The summed E-state index contributed by atoms with van der Waals surface area (Å²) in [5.74, 6) is 0.831. The molecular formula is C12H21FO2. The summed E-state index contributed by atoms with van der Waals surface area (Å²) in [5, 5.41) is 0. The minimum absolute atomic E-state index is 0.137. The SMILES string of the molecule is COC(=O)CC(C)CC1CCC(F)CC1. The highest BCUT2D eigenvalue weighted by Crippen LogP contribution is 2.31. The predicted octanol–water partition coefficient (Wildman–Crippen LogP) is 3.10. The molecule has 0 saturated heterocycles. The van der Waals surface area contributed by atoms with Gasteiger partial charge in [0.15, 0.2) is 0 Å². The van der Waals surface area contributed by atoms with Crippen molar-refractivity contribution in [2.24, 2.45) is 11.8 Å². The molecule has 0 radical (unpaired) electrons. The van der Waals surface area contributed by atoms with Gasteiger partial charge in [0.25, 0.3) is 0 Å². The fourth-order valence-corrected chi connectivity index (χ4v) is 2.38. The second-order valence-electron chi connectivity index (χ2n) is 4.74. The van der Waals surface area contributed by atoms with E-state index in [1.807, 2.05) is 0 Å². The third-order valence-electron chi connectivity index (χ3n) is 3.25. The Morgan fingerprint density at radius 3 is 2.53 bits per heavy atom. The first kappa shape index (κ1) is 12.5. The zero-order valence-electron chi connectivity index (χ0n) is 9.67. The number of carbonyl (C=O) groups is 1. The van der Waals surface area contributed by atoms with E-state index in [-0.39, 0.29) is 5.97 Å². The first-order valence-electron chi connectivity index (χ1n) is 5.82. The van der Waals surface area contributed by atoms with Crippen LogP contribution in [0.4, 0.5) is 4.39 Å². The molecule has 1 saturated carbocycles. The topological polar surface area (TPSA) is 26.3 Å². The van der Waals surface area contributed by atoms with Gasteiger partial charge in [0.1, 0.15) is 6.17 Å². The summed E-state index contributed by atoms with van der Waals surface area (Å²) in [5.41, 5.74) is 0. The van der Waals surface area contributed by atoms with Crippen LogP contribution in [-0.4, -0.2) is 19.3 Å². The van der Waals surface area contributed by atoms with Crippen molar-refractivity contribution in [2.45, 2.75) is 51.6 Å². The third kappa shape index (κ3) is 4.63. The molecule has 0 heterocycles. The Morgan fingerprint density at radius 1 is 1.40 bits per heavy atom. The summed E-state index contributed by atoms with van der Waals surface area (Å²) in [6.45, 7) is 2.07. The van der Waals surface area contributed by atoms with E-state index in [2.05, 4.69) is 11.7 Å². The highest BCUT2D eigenvalue weighted by molar-refractivity contribution is 5.69. The third-order valence-corrected chi connectivity index (χ3v) is 3.25. The van der Waals surface area contributed by atoms with Crippen LogP contribution in [0, 0.1) is 11.8 Å². The maximum atomic E-state index is 12.9. The fraction of sp³-hybridized carbons (Fsp3) is 0.917. The maximum absolute atomic E-state index is 12.9. The van der Waals surface area contributed by atoms with E-state index in [1.165, 1.54) is 7.11 Å². The number of hydrogen-bond acceptors (Lipinski definition) is 2. The summed E-state index contributed by atoms with van der Waals surface area (Å²) in [4.78, 5) is 11.0. The van der Waals surface area contributed by atoms with Crippen molar-refractivity contribution in [3.63, 3.8) is 0 Å². The van der Waals surface area contributed by atoms with Crippen LogP contribution in [0.5, 0.6) is 0 Å². The molecule has 0 aromatic rings.